The van der Waals surface area contributed by atoms with Crippen LogP contribution in [0.25, 0.3) is 0 Å². The van der Waals surface area contributed by atoms with Gasteiger partial charge in [-0.25, -0.2) is 0 Å². The van der Waals surface area contributed by atoms with Gasteiger partial charge in [0.05, 0.1) is 0 Å². The van der Waals surface area contributed by atoms with Crippen LogP contribution >= 0.6 is 0 Å². The Hall–Kier alpha value is 0. The quantitative estimate of drug-likeness (QED) is 0.418. The van der Waals surface area contributed by atoms with E-state index in [0.29, 0.717) is 0 Å². The zero-order chi connectivity index (χ0) is 8.99. The van der Waals surface area contributed by atoms with Crippen LogP contribution < -0.4 is 0 Å². The highest BCUT2D eigenvalue weighted by Gasteiger charge is 1.68. The molecule has 0 aromatic heterocycles. The summed E-state index contributed by atoms with van der Waals surface area (Å²) in [5.74, 6) is 0.833. The maximum absolute atomic E-state index is 2.17. The van der Waals surface area contributed by atoms with E-state index < -0.39 is 0 Å². The summed E-state index contributed by atoms with van der Waals surface area (Å²) in [6.07, 6.45) is 2.50. The number of hydrogen-bond acceptors (Lipinski definition) is 0. The molecule has 13 heavy (non-hydrogen) atoms. The van der Waals surface area contributed by atoms with Crippen molar-refractivity contribution in [1.29, 1.82) is 0 Å². The first-order chi connectivity index (χ1) is 4.56. The molecule has 0 amide bonds. The minimum atomic E-state index is 0. The van der Waals surface area contributed by atoms with E-state index in [1.807, 2.05) is 0 Å². The topological polar surface area (TPSA) is 0 Å². The van der Waals surface area contributed by atoms with Crippen molar-refractivity contribution >= 4 is 0 Å². The van der Waals surface area contributed by atoms with E-state index in [9.17, 15) is 0 Å². The molecule has 0 rings (SSSR count). The fourth-order valence-electron chi connectivity index (χ4n) is 0. The summed E-state index contributed by atoms with van der Waals surface area (Å²) in [6.45, 7) is 15.0. The van der Waals surface area contributed by atoms with Gasteiger partial charge in [0.15, 0.2) is 0 Å². The standard InChI is InChI=1S/C4H10.2C3H8.3CH4/c1-4(2)3;2*1-3-2;;;/h4H,1-3H3;2*3H2,1-2H3;3*1H4. The van der Waals surface area contributed by atoms with Crippen LogP contribution in [-0.4, -0.2) is 0 Å². The second kappa shape index (κ2) is 58.1. The van der Waals surface area contributed by atoms with Gasteiger partial charge in [-0.3, -0.25) is 0 Å². The monoisotopic (exact) mass is 194 g/mol. The minimum Gasteiger partial charge on any atom is -0.0776 e. The highest BCUT2D eigenvalue weighted by molar-refractivity contribution is 4.20. The van der Waals surface area contributed by atoms with Gasteiger partial charge in [-0.05, 0) is 5.92 Å². The molecule has 0 unspecified atom stereocenters. The Bertz CT molecular complexity index is 16.5. The van der Waals surface area contributed by atoms with E-state index in [2.05, 4.69) is 48.5 Å². The highest BCUT2D eigenvalue weighted by Crippen LogP contribution is 1.81. The first kappa shape index (κ1) is 38.2. The van der Waals surface area contributed by atoms with Gasteiger partial charge in [-0.2, -0.15) is 0 Å². The van der Waals surface area contributed by atoms with Crippen molar-refractivity contribution in [3.05, 3.63) is 0 Å². The molecule has 0 bridgehead atoms. The molecule has 0 fully saturated rings. The Morgan fingerprint density at radius 2 is 0.615 bits per heavy atom. The number of hydrogen-bond donors (Lipinski definition) is 0. The first-order valence-corrected chi connectivity index (χ1v) is 4.56. The molecule has 0 aromatic rings. The third-order valence-electron chi connectivity index (χ3n) is 0. The van der Waals surface area contributed by atoms with Crippen LogP contribution in [0.5, 0.6) is 0 Å². The van der Waals surface area contributed by atoms with Crippen LogP contribution in [0.3, 0.4) is 0 Å². The van der Waals surface area contributed by atoms with Gasteiger partial charge in [0.2, 0.25) is 0 Å². The molecule has 0 aliphatic carbocycles. The van der Waals surface area contributed by atoms with Crippen LogP contribution in [0.2, 0.25) is 0 Å². The van der Waals surface area contributed by atoms with Crippen molar-refractivity contribution in [1.82, 2.24) is 0 Å². The van der Waals surface area contributed by atoms with E-state index in [1.165, 1.54) is 12.8 Å². The fraction of sp³-hybridized carbons (Fsp3) is 1.00. The summed E-state index contributed by atoms with van der Waals surface area (Å²) in [7, 11) is 0. The summed E-state index contributed by atoms with van der Waals surface area (Å²) in [5.41, 5.74) is 0. The molecule has 0 radical (unpaired) electrons. The van der Waals surface area contributed by atoms with Gasteiger partial charge >= 0.3 is 0 Å². The molecule has 0 aliphatic heterocycles. The Kier molecular flexibility index (Phi) is 171. The van der Waals surface area contributed by atoms with E-state index in [1.54, 1.807) is 0 Å². The zero-order valence-electron chi connectivity index (χ0n) is 8.99. The summed E-state index contributed by atoms with van der Waals surface area (Å²) in [5, 5.41) is 0. The summed E-state index contributed by atoms with van der Waals surface area (Å²) >= 11 is 0. The third-order valence-corrected chi connectivity index (χ3v) is 0. The Morgan fingerprint density at radius 3 is 0.615 bits per heavy atom. The van der Waals surface area contributed by atoms with Crippen molar-refractivity contribution < 1.29 is 0 Å². The Morgan fingerprint density at radius 1 is 0.615 bits per heavy atom. The Balaban J connectivity index is -0.0000000128. The van der Waals surface area contributed by atoms with Gasteiger partial charge in [0.1, 0.15) is 0 Å². The zero-order valence-corrected chi connectivity index (χ0v) is 8.99. The normalized spacial score (nSPS) is 5.54. The third kappa shape index (κ3) is 0. The molecule has 0 heteroatoms. The average Bonchev–Trinajstić information content (AvgIpc) is 1.65. The lowest BCUT2D eigenvalue weighted by Crippen LogP contribution is -1.66. The van der Waals surface area contributed by atoms with E-state index in [0.717, 1.165) is 5.92 Å². The maximum atomic E-state index is 2.17. The lowest BCUT2D eigenvalue weighted by Gasteiger charge is -1.79. The molecule has 0 spiro atoms. The Labute approximate surface area is 90.1 Å². The molecule has 0 aliphatic rings. The first-order valence-electron chi connectivity index (χ1n) is 4.56. The average molecular weight is 194 g/mol. The summed E-state index contributed by atoms with van der Waals surface area (Å²) < 4.78 is 0. The predicted octanol–water partition coefficient (Wildman–Crippen LogP) is 6.40. The van der Waals surface area contributed by atoms with Gasteiger partial charge in [0.25, 0.3) is 0 Å². The molecule has 0 atom stereocenters. The minimum absolute atomic E-state index is 0. The highest BCUT2D eigenvalue weighted by atomic mass is 13.7. The van der Waals surface area contributed by atoms with Gasteiger partial charge in [0, 0.05) is 0 Å². The molecule has 0 saturated heterocycles. The largest absolute Gasteiger partial charge is 0.0776 e. The molecular weight excluding hydrogens is 156 g/mol. The van der Waals surface area contributed by atoms with Gasteiger partial charge < -0.3 is 0 Å². The van der Waals surface area contributed by atoms with Crippen molar-refractivity contribution in [3.63, 3.8) is 0 Å². The van der Waals surface area contributed by atoms with Crippen LogP contribution in [0.1, 0.15) is 83.6 Å². The van der Waals surface area contributed by atoms with Crippen LogP contribution in [0.4, 0.5) is 0 Å². The molecular formula is C13H38. The van der Waals surface area contributed by atoms with E-state index >= 15 is 0 Å². The maximum Gasteiger partial charge on any atom is -0.0500 e. The summed E-state index contributed by atoms with van der Waals surface area (Å²) in [6, 6.07) is 0. The van der Waals surface area contributed by atoms with E-state index in [4.69, 9.17) is 0 Å². The van der Waals surface area contributed by atoms with Crippen molar-refractivity contribution in [2.45, 2.75) is 83.6 Å². The van der Waals surface area contributed by atoms with Gasteiger partial charge in [-0.15, -0.1) is 0 Å². The lowest BCUT2D eigenvalue weighted by molar-refractivity contribution is 0.737. The van der Waals surface area contributed by atoms with Crippen LogP contribution in [0, 0.1) is 5.92 Å². The molecule has 0 heterocycles. The van der Waals surface area contributed by atoms with Crippen molar-refractivity contribution in [3.8, 4) is 0 Å². The van der Waals surface area contributed by atoms with E-state index in [-0.39, 0.29) is 22.3 Å². The molecule has 0 nitrogen and oxygen atoms in total. The van der Waals surface area contributed by atoms with Crippen molar-refractivity contribution in [2.24, 2.45) is 5.92 Å². The lowest BCUT2D eigenvalue weighted by atomic mass is 10.3. The molecule has 0 N–H and O–H groups in total. The molecule has 90 valence electrons. The van der Waals surface area contributed by atoms with Crippen LogP contribution in [-0.2, 0) is 0 Å². The summed E-state index contributed by atoms with van der Waals surface area (Å²) in [4.78, 5) is 0. The van der Waals surface area contributed by atoms with Gasteiger partial charge in [-0.1, -0.05) is 83.6 Å². The SMILES string of the molecule is C.C.C.CC(C)C.CCC.CCC. The van der Waals surface area contributed by atoms with Crippen molar-refractivity contribution in [2.75, 3.05) is 0 Å². The van der Waals surface area contributed by atoms with Crippen LogP contribution in [0.15, 0.2) is 0 Å². The predicted molar refractivity (Wildman–Crippen MR) is 72.6 cm³/mol. The molecule has 0 aromatic carbocycles. The number of rotatable bonds is 0. The second-order valence-electron chi connectivity index (χ2n) is 3.15. The second-order valence-corrected chi connectivity index (χ2v) is 3.15. The fourth-order valence-corrected chi connectivity index (χ4v) is 0. The smallest absolute Gasteiger partial charge is 0.0500 e. The molecule has 0 saturated carbocycles.